The lowest BCUT2D eigenvalue weighted by molar-refractivity contribution is 0.626. The molecule has 0 bridgehead atoms. The van der Waals surface area contributed by atoms with Crippen LogP contribution in [0.25, 0.3) is 0 Å². The zero-order valence-electron chi connectivity index (χ0n) is 11.7. The van der Waals surface area contributed by atoms with E-state index >= 15 is 0 Å². The summed E-state index contributed by atoms with van der Waals surface area (Å²) in [6, 6.07) is 7.01. The Morgan fingerprint density at radius 3 is 2.50 bits per heavy atom. The van der Waals surface area contributed by atoms with Crippen molar-refractivity contribution in [2.45, 2.75) is 52.6 Å². The van der Waals surface area contributed by atoms with Crippen LogP contribution in [0.3, 0.4) is 0 Å². The van der Waals surface area contributed by atoms with E-state index in [2.05, 4.69) is 59.8 Å². The number of unbranched alkanes of at least 4 members (excludes halogenated alkanes) is 2. The van der Waals surface area contributed by atoms with Crippen LogP contribution in [0.5, 0.6) is 0 Å². The Kier molecular flexibility index (Phi) is 6.72. The van der Waals surface area contributed by atoms with Crippen molar-refractivity contribution < 1.29 is 0 Å². The van der Waals surface area contributed by atoms with E-state index in [9.17, 15) is 0 Å². The molecule has 1 aromatic carbocycles. The van der Waals surface area contributed by atoms with Crippen molar-refractivity contribution in [2.24, 2.45) is 5.73 Å². The van der Waals surface area contributed by atoms with Gasteiger partial charge in [-0.1, -0.05) is 41.8 Å². The second kappa shape index (κ2) is 7.80. The van der Waals surface area contributed by atoms with Gasteiger partial charge in [0.2, 0.25) is 0 Å². The minimum atomic E-state index is 0.525. The molecule has 0 aromatic heterocycles. The second-order valence-electron chi connectivity index (χ2n) is 4.97. The Balaban J connectivity index is 2.82. The third-order valence-electron chi connectivity index (χ3n) is 3.21. The topological polar surface area (TPSA) is 29.3 Å². The molecule has 3 heteroatoms. The van der Waals surface area contributed by atoms with Crippen LogP contribution < -0.4 is 10.6 Å². The Labute approximate surface area is 120 Å². The summed E-state index contributed by atoms with van der Waals surface area (Å²) < 4.78 is 1.11. The Bertz CT molecular complexity index is 364. The quantitative estimate of drug-likeness (QED) is 0.760. The number of nitrogens with two attached hydrogens (primary N) is 1. The summed E-state index contributed by atoms with van der Waals surface area (Å²) in [6.45, 7) is 8.44. The number of rotatable bonds is 7. The van der Waals surface area contributed by atoms with Crippen LogP contribution in [-0.4, -0.2) is 12.6 Å². The van der Waals surface area contributed by atoms with Crippen molar-refractivity contribution in [1.82, 2.24) is 0 Å². The molecule has 0 aliphatic rings. The van der Waals surface area contributed by atoms with E-state index in [0.29, 0.717) is 12.6 Å². The van der Waals surface area contributed by atoms with E-state index in [-0.39, 0.29) is 0 Å². The summed E-state index contributed by atoms with van der Waals surface area (Å²) in [4.78, 5) is 2.46. The summed E-state index contributed by atoms with van der Waals surface area (Å²) in [6.07, 6.45) is 3.82. The normalized spacial score (nSPS) is 11.0. The number of halogens is 1. The van der Waals surface area contributed by atoms with E-state index in [1.165, 1.54) is 24.9 Å². The highest BCUT2D eigenvalue weighted by atomic mass is 79.9. The molecule has 0 saturated heterocycles. The van der Waals surface area contributed by atoms with Gasteiger partial charge in [-0.15, -0.1) is 0 Å². The number of hydrogen-bond donors (Lipinski definition) is 1. The maximum Gasteiger partial charge on any atom is 0.0380 e. The van der Waals surface area contributed by atoms with Crippen molar-refractivity contribution in [3.63, 3.8) is 0 Å². The summed E-state index contributed by atoms with van der Waals surface area (Å²) in [5.74, 6) is 0. The third-order valence-corrected chi connectivity index (χ3v) is 3.95. The van der Waals surface area contributed by atoms with E-state index < -0.39 is 0 Å². The fourth-order valence-corrected chi connectivity index (χ4v) is 2.63. The van der Waals surface area contributed by atoms with Crippen molar-refractivity contribution in [2.75, 3.05) is 11.4 Å². The predicted octanol–water partition coefficient (Wildman–Crippen LogP) is 4.31. The van der Waals surface area contributed by atoms with Gasteiger partial charge in [-0.05, 0) is 38.0 Å². The van der Waals surface area contributed by atoms with Gasteiger partial charge < -0.3 is 10.6 Å². The lowest BCUT2D eigenvalue weighted by Crippen LogP contribution is -2.31. The van der Waals surface area contributed by atoms with Crippen LogP contribution in [0.1, 0.15) is 45.6 Å². The van der Waals surface area contributed by atoms with Crippen molar-refractivity contribution in [3.8, 4) is 0 Å². The van der Waals surface area contributed by atoms with Crippen LogP contribution in [-0.2, 0) is 6.54 Å². The first-order valence-electron chi connectivity index (χ1n) is 6.85. The summed E-state index contributed by atoms with van der Waals surface area (Å²) in [5, 5.41) is 0. The van der Waals surface area contributed by atoms with Crippen molar-refractivity contribution >= 4 is 21.6 Å². The maximum absolute atomic E-state index is 5.69. The molecule has 0 aliphatic carbocycles. The molecule has 1 aromatic rings. The minimum absolute atomic E-state index is 0.525. The zero-order chi connectivity index (χ0) is 13.5. The molecule has 0 saturated carbocycles. The molecule has 0 aliphatic heterocycles. The summed E-state index contributed by atoms with van der Waals surface area (Å²) >= 11 is 3.60. The zero-order valence-corrected chi connectivity index (χ0v) is 13.3. The first-order chi connectivity index (χ1) is 8.60. The van der Waals surface area contributed by atoms with Crippen LogP contribution in [0.2, 0.25) is 0 Å². The van der Waals surface area contributed by atoms with E-state index in [4.69, 9.17) is 5.73 Å². The molecule has 0 fully saturated rings. The standard InChI is InChI=1S/C15H25BrN2/c1-4-5-6-9-18(12(2)3)14-8-7-13(11-17)15(16)10-14/h7-8,10,12H,4-6,9,11,17H2,1-3H3. The SMILES string of the molecule is CCCCCN(c1ccc(CN)c(Br)c1)C(C)C. The molecule has 18 heavy (non-hydrogen) atoms. The fourth-order valence-electron chi connectivity index (χ4n) is 2.10. The van der Waals surface area contributed by atoms with Gasteiger partial charge in [0.25, 0.3) is 0 Å². The molecule has 0 unspecified atom stereocenters. The van der Waals surface area contributed by atoms with Gasteiger partial charge in [-0.25, -0.2) is 0 Å². The van der Waals surface area contributed by atoms with Gasteiger partial charge in [-0.2, -0.15) is 0 Å². The van der Waals surface area contributed by atoms with Gasteiger partial charge in [0, 0.05) is 29.3 Å². The van der Waals surface area contributed by atoms with Crippen LogP contribution >= 0.6 is 15.9 Å². The molecular weight excluding hydrogens is 288 g/mol. The smallest absolute Gasteiger partial charge is 0.0380 e. The highest BCUT2D eigenvalue weighted by Crippen LogP contribution is 2.25. The van der Waals surface area contributed by atoms with Gasteiger partial charge in [0.15, 0.2) is 0 Å². The van der Waals surface area contributed by atoms with E-state index in [1.807, 2.05) is 0 Å². The van der Waals surface area contributed by atoms with Gasteiger partial charge in [0.05, 0.1) is 0 Å². The first-order valence-corrected chi connectivity index (χ1v) is 7.64. The number of nitrogens with zero attached hydrogens (tertiary/aromatic N) is 1. The van der Waals surface area contributed by atoms with Crippen LogP contribution in [0.15, 0.2) is 22.7 Å². The first kappa shape index (κ1) is 15.5. The van der Waals surface area contributed by atoms with E-state index in [0.717, 1.165) is 16.6 Å². The predicted molar refractivity (Wildman–Crippen MR) is 84.0 cm³/mol. The molecule has 0 radical (unpaired) electrons. The van der Waals surface area contributed by atoms with Gasteiger partial charge >= 0.3 is 0 Å². The molecule has 1 rings (SSSR count). The minimum Gasteiger partial charge on any atom is -0.369 e. The third kappa shape index (κ3) is 4.29. The van der Waals surface area contributed by atoms with Gasteiger partial charge in [-0.3, -0.25) is 0 Å². The second-order valence-corrected chi connectivity index (χ2v) is 5.83. The molecule has 0 atom stereocenters. The number of benzene rings is 1. The molecule has 2 N–H and O–H groups in total. The maximum atomic E-state index is 5.69. The van der Waals surface area contributed by atoms with Crippen LogP contribution in [0.4, 0.5) is 5.69 Å². The molecule has 0 amide bonds. The average molecular weight is 313 g/mol. The summed E-state index contributed by atoms with van der Waals surface area (Å²) in [5.41, 5.74) is 8.14. The van der Waals surface area contributed by atoms with E-state index in [1.54, 1.807) is 0 Å². The monoisotopic (exact) mass is 312 g/mol. The number of hydrogen-bond acceptors (Lipinski definition) is 2. The molecule has 2 nitrogen and oxygen atoms in total. The van der Waals surface area contributed by atoms with Crippen molar-refractivity contribution in [3.05, 3.63) is 28.2 Å². The largest absolute Gasteiger partial charge is 0.369 e. The number of anilines is 1. The van der Waals surface area contributed by atoms with Crippen LogP contribution in [0, 0.1) is 0 Å². The molecular formula is C15H25BrN2. The molecule has 0 heterocycles. The Hall–Kier alpha value is -0.540. The lowest BCUT2D eigenvalue weighted by atomic mass is 10.1. The fraction of sp³-hybridized carbons (Fsp3) is 0.600. The molecule has 0 spiro atoms. The average Bonchev–Trinajstić information content (AvgIpc) is 2.34. The Morgan fingerprint density at radius 1 is 1.28 bits per heavy atom. The van der Waals surface area contributed by atoms with Gasteiger partial charge in [0.1, 0.15) is 0 Å². The highest BCUT2D eigenvalue weighted by molar-refractivity contribution is 9.10. The van der Waals surface area contributed by atoms with Crippen molar-refractivity contribution in [1.29, 1.82) is 0 Å². The summed E-state index contributed by atoms with van der Waals surface area (Å²) in [7, 11) is 0. The Morgan fingerprint density at radius 2 is 2.00 bits per heavy atom. The lowest BCUT2D eigenvalue weighted by Gasteiger charge is -2.29. The highest BCUT2D eigenvalue weighted by Gasteiger charge is 2.11. The molecule has 102 valence electrons.